The van der Waals surface area contributed by atoms with Crippen molar-refractivity contribution in [1.82, 2.24) is 5.32 Å². The molecule has 0 amide bonds. The zero-order valence-corrected chi connectivity index (χ0v) is 12.8. The van der Waals surface area contributed by atoms with E-state index in [0.717, 1.165) is 28.0 Å². The molecule has 1 aromatic rings. The molecule has 1 heterocycles. The van der Waals surface area contributed by atoms with Crippen LogP contribution in [0.2, 0.25) is 0 Å². The predicted molar refractivity (Wildman–Crippen MR) is 73.4 cm³/mol. The Bertz CT molecular complexity index is 284. The van der Waals surface area contributed by atoms with Crippen LogP contribution in [0.15, 0.2) is 19.6 Å². The van der Waals surface area contributed by atoms with Gasteiger partial charge < -0.3 is 9.73 Å². The zero-order valence-electron chi connectivity index (χ0n) is 8.85. The Hall–Kier alpha value is 0.550. The minimum Gasteiger partial charge on any atom is -0.452 e. The Labute approximate surface area is 112 Å². The van der Waals surface area contributed by atoms with E-state index in [0.29, 0.717) is 5.25 Å². The van der Waals surface area contributed by atoms with Crippen molar-refractivity contribution in [2.45, 2.75) is 25.1 Å². The first kappa shape index (κ1) is 13.6. The predicted octanol–water partition coefficient (Wildman–Crippen LogP) is 4.04. The second kappa shape index (κ2) is 6.99. The number of rotatable bonds is 6. The van der Waals surface area contributed by atoms with Gasteiger partial charge >= 0.3 is 0 Å². The van der Waals surface area contributed by atoms with Crippen LogP contribution < -0.4 is 5.32 Å². The highest BCUT2D eigenvalue weighted by molar-refractivity contribution is 9.13. The molecule has 0 aliphatic heterocycles. The maximum atomic E-state index is 5.45. The number of nitrogens with one attached hydrogen (secondary N) is 1. The highest BCUT2D eigenvalue weighted by Crippen LogP contribution is 2.26. The van der Waals surface area contributed by atoms with Gasteiger partial charge in [0.25, 0.3) is 0 Å². The number of hydrogen-bond donors (Lipinski definition) is 1. The fourth-order valence-electron chi connectivity index (χ4n) is 1.11. The van der Waals surface area contributed by atoms with Crippen molar-refractivity contribution in [3.8, 4) is 0 Å². The van der Waals surface area contributed by atoms with Gasteiger partial charge in [-0.25, -0.2) is 0 Å². The van der Waals surface area contributed by atoms with Gasteiger partial charge in [-0.1, -0.05) is 6.92 Å². The maximum absolute atomic E-state index is 5.45. The molecule has 86 valence electrons. The lowest BCUT2D eigenvalue weighted by Crippen LogP contribution is -2.17. The fraction of sp³-hybridized carbons (Fsp3) is 0.600. The lowest BCUT2D eigenvalue weighted by molar-refractivity contribution is 0.463. The highest BCUT2D eigenvalue weighted by atomic mass is 79.9. The van der Waals surface area contributed by atoms with E-state index in [1.54, 1.807) is 0 Å². The molecule has 0 bridgehead atoms. The summed E-state index contributed by atoms with van der Waals surface area (Å²) in [6.45, 7) is 4.05. The molecule has 0 radical (unpaired) electrons. The molecule has 0 fully saturated rings. The lowest BCUT2D eigenvalue weighted by atomic mass is 10.3. The summed E-state index contributed by atoms with van der Waals surface area (Å²) in [5.41, 5.74) is 0. The topological polar surface area (TPSA) is 25.2 Å². The maximum Gasteiger partial charge on any atom is 0.183 e. The van der Waals surface area contributed by atoms with Gasteiger partial charge in [-0.2, -0.15) is 11.8 Å². The summed E-state index contributed by atoms with van der Waals surface area (Å²) in [5.74, 6) is 0.950. The number of thioether (sulfide) groups is 1. The van der Waals surface area contributed by atoms with Crippen LogP contribution in [0.4, 0.5) is 0 Å². The normalized spacial score (nSPS) is 13.1. The number of furan rings is 1. The van der Waals surface area contributed by atoms with Crippen LogP contribution in [0.5, 0.6) is 0 Å². The van der Waals surface area contributed by atoms with Gasteiger partial charge in [-0.3, -0.25) is 0 Å². The molecule has 0 saturated heterocycles. The van der Waals surface area contributed by atoms with Crippen LogP contribution in [0.3, 0.4) is 0 Å². The van der Waals surface area contributed by atoms with Crippen molar-refractivity contribution in [3.63, 3.8) is 0 Å². The molecule has 5 heteroatoms. The lowest BCUT2D eigenvalue weighted by Gasteiger charge is -2.07. The number of hydrogen-bond acceptors (Lipinski definition) is 3. The van der Waals surface area contributed by atoms with Gasteiger partial charge in [0.15, 0.2) is 4.67 Å². The van der Waals surface area contributed by atoms with Gasteiger partial charge in [0.1, 0.15) is 5.76 Å². The molecule has 1 rings (SSSR count). The Morgan fingerprint density at radius 1 is 1.53 bits per heavy atom. The van der Waals surface area contributed by atoms with Crippen molar-refractivity contribution in [2.75, 3.05) is 12.8 Å². The van der Waals surface area contributed by atoms with E-state index in [1.807, 2.05) is 17.8 Å². The second-order valence-electron chi connectivity index (χ2n) is 3.35. The summed E-state index contributed by atoms with van der Waals surface area (Å²) in [5, 5.41) is 4.07. The summed E-state index contributed by atoms with van der Waals surface area (Å²) in [6.07, 6.45) is 3.33. The van der Waals surface area contributed by atoms with Gasteiger partial charge in [0.05, 0.1) is 11.0 Å². The molecule has 0 saturated carbocycles. The van der Waals surface area contributed by atoms with Gasteiger partial charge in [0, 0.05) is 5.25 Å². The van der Waals surface area contributed by atoms with E-state index in [4.69, 9.17) is 4.42 Å². The monoisotopic (exact) mass is 355 g/mol. The summed E-state index contributed by atoms with van der Waals surface area (Å²) < 4.78 is 7.18. The molecular formula is C10H15Br2NOS. The Morgan fingerprint density at radius 2 is 2.27 bits per heavy atom. The van der Waals surface area contributed by atoms with Gasteiger partial charge in [-0.05, 0) is 57.1 Å². The van der Waals surface area contributed by atoms with Crippen LogP contribution in [-0.2, 0) is 6.54 Å². The molecule has 2 nitrogen and oxygen atoms in total. The van der Waals surface area contributed by atoms with Gasteiger partial charge in [0.2, 0.25) is 0 Å². The van der Waals surface area contributed by atoms with E-state index in [1.165, 1.54) is 6.42 Å². The largest absolute Gasteiger partial charge is 0.452 e. The standard InChI is InChI=1S/C10H15Br2NOS/c1-7(15-2)3-4-13-6-8-5-9(11)10(12)14-8/h5,7,13H,3-4,6H2,1-2H3. The first-order chi connectivity index (χ1) is 7.13. The molecule has 1 aromatic heterocycles. The first-order valence-electron chi connectivity index (χ1n) is 4.80. The zero-order chi connectivity index (χ0) is 11.3. The summed E-state index contributed by atoms with van der Waals surface area (Å²) >= 11 is 8.60. The minimum atomic E-state index is 0.715. The van der Waals surface area contributed by atoms with Crippen molar-refractivity contribution < 1.29 is 4.42 Å². The average molecular weight is 357 g/mol. The van der Waals surface area contributed by atoms with Crippen molar-refractivity contribution >= 4 is 43.6 Å². The third-order valence-electron chi connectivity index (χ3n) is 2.13. The minimum absolute atomic E-state index is 0.715. The number of halogens is 2. The molecular weight excluding hydrogens is 342 g/mol. The molecule has 0 aromatic carbocycles. The quantitative estimate of drug-likeness (QED) is 0.779. The Kier molecular flexibility index (Phi) is 6.34. The van der Waals surface area contributed by atoms with Crippen LogP contribution in [-0.4, -0.2) is 18.1 Å². The molecule has 1 N–H and O–H groups in total. The average Bonchev–Trinajstić information content (AvgIpc) is 2.53. The highest BCUT2D eigenvalue weighted by Gasteiger charge is 2.05. The molecule has 15 heavy (non-hydrogen) atoms. The summed E-state index contributed by atoms with van der Waals surface area (Å²) in [7, 11) is 0. The van der Waals surface area contributed by atoms with E-state index in [-0.39, 0.29) is 0 Å². The van der Waals surface area contributed by atoms with Crippen molar-refractivity contribution in [2.24, 2.45) is 0 Å². The molecule has 1 atom stereocenters. The molecule has 1 unspecified atom stereocenters. The van der Waals surface area contributed by atoms with E-state index in [9.17, 15) is 0 Å². The van der Waals surface area contributed by atoms with E-state index < -0.39 is 0 Å². The van der Waals surface area contributed by atoms with E-state index in [2.05, 4.69) is 50.4 Å². The Morgan fingerprint density at radius 3 is 2.80 bits per heavy atom. The third-order valence-corrected chi connectivity index (χ3v) is 4.88. The van der Waals surface area contributed by atoms with Crippen LogP contribution in [0, 0.1) is 0 Å². The van der Waals surface area contributed by atoms with Crippen molar-refractivity contribution in [1.29, 1.82) is 0 Å². The molecule has 0 spiro atoms. The van der Waals surface area contributed by atoms with Crippen molar-refractivity contribution in [3.05, 3.63) is 21.0 Å². The fourth-order valence-corrected chi connectivity index (χ4v) is 2.13. The van der Waals surface area contributed by atoms with E-state index >= 15 is 0 Å². The SMILES string of the molecule is CSC(C)CCNCc1cc(Br)c(Br)o1. The second-order valence-corrected chi connectivity index (χ2v) is 6.20. The van der Waals surface area contributed by atoms with Crippen LogP contribution in [0.25, 0.3) is 0 Å². The van der Waals surface area contributed by atoms with Crippen LogP contribution in [0.1, 0.15) is 19.1 Å². The smallest absolute Gasteiger partial charge is 0.183 e. The summed E-state index contributed by atoms with van der Waals surface area (Å²) in [6, 6.07) is 1.98. The molecule has 0 aliphatic rings. The van der Waals surface area contributed by atoms with Crippen LogP contribution >= 0.6 is 43.6 Å². The summed E-state index contributed by atoms with van der Waals surface area (Å²) in [4.78, 5) is 0. The molecule has 0 aliphatic carbocycles. The van der Waals surface area contributed by atoms with Gasteiger partial charge in [-0.15, -0.1) is 0 Å². The third kappa shape index (κ3) is 4.93. The first-order valence-corrected chi connectivity index (χ1v) is 7.68. The Balaban J connectivity index is 2.20.